The van der Waals surface area contributed by atoms with E-state index in [1.807, 2.05) is 19.1 Å². The predicted octanol–water partition coefficient (Wildman–Crippen LogP) is 3.54. The number of nitrogens with two attached hydrogens (primary N) is 1. The summed E-state index contributed by atoms with van der Waals surface area (Å²) in [5.41, 5.74) is 11.6. The molecule has 0 aromatic heterocycles. The van der Waals surface area contributed by atoms with Crippen LogP contribution in [0.25, 0.3) is 0 Å². The van der Waals surface area contributed by atoms with Crippen LogP contribution in [-0.2, 0) is 6.42 Å². The standard InChI is InChI=1S/C16H20N2/c1-12-3-6-14(7-4-12)9-10-18-16-8-5-13(2)11-15(16)17/h3-8,11,18H,9-10,17H2,1-2H3. The van der Waals surface area contributed by atoms with Crippen molar-refractivity contribution in [2.24, 2.45) is 0 Å². The molecular weight excluding hydrogens is 220 g/mol. The number of rotatable bonds is 4. The Balaban J connectivity index is 1.90. The number of hydrogen-bond donors (Lipinski definition) is 2. The van der Waals surface area contributed by atoms with Crippen LogP contribution in [0, 0.1) is 13.8 Å². The Hall–Kier alpha value is -1.96. The first kappa shape index (κ1) is 12.5. The second kappa shape index (κ2) is 5.58. The van der Waals surface area contributed by atoms with E-state index in [9.17, 15) is 0 Å². The third-order valence-electron chi connectivity index (χ3n) is 3.06. The van der Waals surface area contributed by atoms with E-state index >= 15 is 0 Å². The fourth-order valence-electron chi connectivity index (χ4n) is 1.94. The number of nitrogens with one attached hydrogen (secondary N) is 1. The van der Waals surface area contributed by atoms with E-state index in [0.29, 0.717) is 0 Å². The molecule has 2 aromatic rings. The zero-order chi connectivity index (χ0) is 13.0. The molecule has 0 aliphatic heterocycles. The van der Waals surface area contributed by atoms with Crippen molar-refractivity contribution in [2.45, 2.75) is 20.3 Å². The highest BCUT2D eigenvalue weighted by molar-refractivity contribution is 5.66. The highest BCUT2D eigenvalue weighted by atomic mass is 14.9. The zero-order valence-electron chi connectivity index (χ0n) is 11.0. The van der Waals surface area contributed by atoms with E-state index in [0.717, 1.165) is 24.3 Å². The first-order chi connectivity index (χ1) is 8.65. The van der Waals surface area contributed by atoms with Gasteiger partial charge < -0.3 is 11.1 Å². The van der Waals surface area contributed by atoms with Gasteiger partial charge in [-0.2, -0.15) is 0 Å². The summed E-state index contributed by atoms with van der Waals surface area (Å²) < 4.78 is 0. The monoisotopic (exact) mass is 240 g/mol. The molecule has 0 fully saturated rings. The summed E-state index contributed by atoms with van der Waals surface area (Å²) in [6, 6.07) is 14.8. The molecule has 0 saturated heterocycles. The van der Waals surface area contributed by atoms with E-state index in [2.05, 4.69) is 42.6 Å². The molecule has 2 aromatic carbocycles. The minimum absolute atomic E-state index is 0.818. The van der Waals surface area contributed by atoms with Gasteiger partial charge in [0.2, 0.25) is 0 Å². The quantitative estimate of drug-likeness (QED) is 0.802. The topological polar surface area (TPSA) is 38.0 Å². The van der Waals surface area contributed by atoms with Crippen molar-refractivity contribution >= 4 is 11.4 Å². The Morgan fingerprint density at radius 1 is 0.944 bits per heavy atom. The third-order valence-corrected chi connectivity index (χ3v) is 3.06. The molecule has 0 radical (unpaired) electrons. The van der Waals surface area contributed by atoms with Gasteiger partial charge in [-0.05, 0) is 43.5 Å². The molecule has 2 heteroatoms. The maximum Gasteiger partial charge on any atom is 0.0574 e. The van der Waals surface area contributed by atoms with Crippen LogP contribution >= 0.6 is 0 Å². The highest BCUT2D eigenvalue weighted by Crippen LogP contribution is 2.19. The van der Waals surface area contributed by atoms with Crippen LogP contribution in [0.5, 0.6) is 0 Å². The lowest BCUT2D eigenvalue weighted by Crippen LogP contribution is -2.06. The Morgan fingerprint density at radius 2 is 1.61 bits per heavy atom. The molecule has 0 aliphatic rings. The molecule has 2 rings (SSSR count). The number of hydrogen-bond acceptors (Lipinski definition) is 2. The fraction of sp³-hybridized carbons (Fsp3) is 0.250. The average Bonchev–Trinajstić information content (AvgIpc) is 2.34. The van der Waals surface area contributed by atoms with E-state index in [1.54, 1.807) is 0 Å². The van der Waals surface area contributed by atoms with Crippen LogP contribution in [0.1, 0.15) is 16.7 Å². The van der Waals surface area contributed by atoms with Gasteiger partial charge in [-0.1, -0.05) is 35.9 Å². The summed E-state index contributed by atoms with van der Waals surface area (Å²) in [5, 5.41) is 3.38. The van der Waals surface area contributed by atoms with Gasteiger partial charge in [-0.25, -0.2) is 0 Å². The fourth-order valence-corrected chi connectivity index (χ4v) is 1.94. The lowest BCUT2D eigenvalue weighted by Gasteiger charge is -2.10. The molecule has 0 unspecified atom stereocenters. The number of nitrogen functional groups attached to an aromatic ring is 1. The molecule has 0 aliphatic carbocycles. The molecule has 0 spiro atoms. The van der Waals surface area contributed by atoms with E-state index in [-0.39, 0.29) is 0 Å². The Labute approximate surface area is 109 Å². The Morgan fingerprint density at radius 3 is 2.28 bits per heavy atom. The van der Waals surface area contributed by atoms with Gasteiger partial charge in [-0.15, -0.1) is 0 Å². The van der Waals surface area contributed by atoms with Crippen LogP contribution in [0.15, 0.2) is 42.5 Å². The van der Waals surface area contributed by atoms with Crippen LogP contribution in [0.3, 0.4) is 0 Å². The van der Waals surface area contributed by atoms with E-state index < -0.39 is 0 Å². The largest absolute Gasteiger partial charge is 0.397 e. The molecule has 94 valence electrons. The van der Waals surface area contributed by atoms with Gasteiger partial charge >= 0.3 is 0 Å². The van der Waals surface area contributed by atoms with Crippen molar-refractivity contribution in [1.29, 1.82) is 0 Å². The number of anilines is 2. The first-order valence-electron chi connectivity index (χ1n) is 6.31. The average molecular weight is 240 g/mol. The smallest absolute Gasteiger partial charge is 0.0574 e. The lowest BCUT2D eigenvalue weighted by atomic mass is 10.1. The maximum absolute atomic E-state index is 5.96. The van der Waals surface area contributed by atoms with Gasteiger partial charge in [0, 0.05) is 6.54 Å². The number of aryl methyl sites for hydroxylation is 2. The molecule has 0 bridgehead atoms. The normalized spacial score (nSPS) is 10.3. The van der Waals surface area contributed by atoms with Gasteiger partial charge in [-0.3, -0.25) is 0 Å². The molecular formula is C16H20N2. The summed E-state index contributed by atoms with van der Waals surface area (Å²) in [6.45, 7) is 5.05. The zero-order valence-corrected chi connectivity index (χ0v) is 11.0. The van der Waals surface area contributed by atoms with Crippen molar-refractivity contribution in [3.8, 4) is 0 Å². The maximum atomic E-state index is 5.96. The lowest BCUT2D eigenvalue weighted by molar-refractivity contribution is 1.02. The molecule has 2 nitrogen and oxygen atoms in total. The van der Waals surface area contributed by atoms with Gasteiger partial charge in [0.05, 0.1) is 11.4 Å². The van der Waals surface area contributed by atoms with Crippen LogP contribution in [0.2, 0.25) is 0 Å². The molecule has 3 N–H and O–H groups in total. The van der Waals surface area contributed by atoms with Gasteiger partial charge in [0.25, 0.3) is 0 Å². The van der Waals surface area contributed by atoms with Gasteiger partial charge in [0.15, 0.2) is 0 Å². The molecule has 0 heterocycles. The van der Waals surface area contributed by atoms with Gasteiger partial charge in [0.1, 0.15) is 0 Å². The minimum Gasteiger partial charge on any atom is -0.397 e. The Kier molecular flexibility index (Phi) is 3.88. The van der Waals surface area contributed by atoms with Crippen molar-refractivity contribution < 1.29 is 0 Å². The third kappa shape index (κ3) is 3.27. The first-order valence-corrected chi connectivity index (χ1v) is 6.31. The highest BCUT2D eigenvalue weighted by Gasteiger charge is 1.98. The second-order valence-electron chi connectivity index (χ2n) is 4.75. The summed E-state index contributed by atoms with van der Waals surface area (Å²) in [5.74, 6) is 0. The summed E-state index contributed by atoms with van der Waals surface area (Å²) in [7, 11) is 0. The van der Waals surface area contributed by atoms with Crippen molar-refractivity contribution in [1.82, 2.24) is 0 Å². The molecule has 0 saturated carbocycles. The molecule has 0 amide bonds. The SMILES string of the molecule is Cc1ccc(CCNc2ccc(C)cc2N)cc1. The predicted molar refractivity (Wildman–Crippen MR) is 79.0 cm³/mol. The second-order valence-corrected chi connectivity index (χ2v) is 4.75. The Bertz CT molecular complexity index is 515. The summed E-state index contributed by atoms with van der Waals surface area (Å²) >= 11 is 0. The number of benzene rings is 2. The van der Waals surface area contributed by atoms with Crippen LogP contribution in [-0.4, -0.2) is 6.54 Å². The summed E-state index contributed by atoms with van der Waals surface area (Å²) in [4.78, 5) is 0. The van der Waals surface area contributed by atoms with Crippen molar-refractivity contribution in [2.75, 3.05) is 17.6 Å². The minimum atomic E-state index is 0.818. The van der Waals surface area contributed by atoms with Crippen molar-refractivity contribution in [3.05, 3.63) is 59.2 Å². The molecule has 0 atom stereocenters. The van der Waals surface area contributed by atoms with Crippen molar-refractivity contribution in [3.63, 3.8) is 0 Å². The molecule has 18 heavy (non-hydrogen) atoms. The van der Waals surface area contributed by atoms with E-state index in [1.165, 1.54) is 16.7 Å². The van der Waals surface area contributed by atoms with Crippen LogP contribution in [0.4, 0.5) is 11.4 Å². The van der Waals surface area contributed by atoms with Crippen LogP contribution < -0.4 is 11.1 Å². The van der Waals surface area contributed by atoms with E-state index in [4.69, 9.17) is 5.73 Å². The summed E-state index contributed by atoms with van der Waals surface area (Å²) in [6.07, 6.45) is 1.01.